The van der Waals surface area contributed by atoms with Crippen molar-refractivity contribution < 1.29 is 13.6 Å². The third kappa shape index (κ3) is 3.09. The van der Waals surface area contributed by atoms with Crippen LogP contribution in [0.4, 0.5) is 8.78 Å². The Bertz CT molecular complexity index is 1120. The van der Waals surface area contributed by atoms with E-state index in [1.807, 2.05) is 0 Å². The molecule has 0 saturated carbocycles. The molecule has 1 aliphatic rings. The van der Waals surface area contributed by atoms with Crippen molar-refractivity contribution in [2.45, 2.75) is 32.4 Å². The Balaban J connectivity index is 1.63. The van der Waals surface area contributed by atoms with Crippen LogP contribution in [-0.4, -0.2) is 15.5 Å². The fraction of sp³-hybridized carbons (Fsp3) is 0.250. The van der Waals surface area contributed by atoms with Crippen molar-refractivity contribution in [2.24, 2.45) is 0 Å². The molecule has 27 heavy (non-hydrogen) atoms. The van der Waals surface area contributed by atoms with Crippen LogP contribution in [-0.2, 0) is 13.0 Å². The third-order valence-corrected chi connectivity index (χ3v) is 4.86. The van der Waals surface area contributed by atoms with Crippen LogP contribution < -0.4 is 10.9 Å². The monoisotopic (exact) mass is 369 g/mol. The van der Waals surface area contributed by atoms with Crippen molar-refractivity contribution in [2.75, 3.05) is 0 Å². The molecule has 0 unspecified atom stereocenters. The Morgan fingerprint density at radius 1 is 1.22 bits per heavy atom. The average molecular weight is 369 g/mol. The number of amides is 1. The van der Waals surface area contributed by atoms with Crippen molar-refractivity contribution in [3.05, 3.63) is 75.3 Å². The van der Waals surface area contributed by atoms with Gasteiger partial charge in [-0.3, -0.25) is 14.2 Å². The van der Waals surface area contributed by atoms with E-state index >= 15 is 0 Å². The summed E-state index contributed by atoms with van der Waals surface area (Å²) in [7, 11) is 0. The number of hydrogen-bond donors (Lipinski definition) is 1. The second-order valence-corrected chi connectivity index (χ2v) is 6.68. The number of aryl methyl sites for hydroxylation is 1. The number of hydrogen-bond acceptors (Lipinski definition) is 3. The Hall–Kier alpha value is -3.09. The third-order valence-electron chi connectivity index (χ3n) is 4.86. The maximum absolute atomic E-state index is 13.9. The molecule has 1 aromatic heterocycles. The lowest BCUT2D eigenvalue weighted by molar-refractivity contribution is 0.0939. The molecule has 0 spiro atoms. The second kappa shape index (κ2) is 6.57. The molecule has 5 nitrogen and oxygen atoms in total. The zero-order valence-electron chi connectivity index (χ0n) is 14.6. The van der Waals surface area contributed by atoms with E-state index in [2.05, 4.69) is 10.3 Å². The summed E-state index contributed by atoms with van der Waals surface area (Å²) >= 11 is 0. The highest BCUT2D eigenvalue weighted by Crippen LogP contribution is 2.20. The summed E-state index contributed by atoms with van der Waals surface area (Å²) in [4.78, 5) is 29.5. The molecule has 0 saturated heterocycles. The van der Waals surface area contributed by atoms with E-state index in [1.54, 1.807) is 29.7 Å². The number of rotatable bonds is 3. The van der Waals surface area contributed by atoms with Gasteiger partial charge in [-0.15, -0.1) is 0 Å². The first-order valence-corrected chi connectivity index (χ1v) is 8.73. The highest BCUT2D eigenvalue weighted by molar-refractivity contribution is 5.97. The molecule has 3 aromatic rings. The quantitative estimate of drug-likeness (QED) is 0.772. The lowest BCUT2D eigenvalue weighted by Gasteiger charge is -2.15. The largest absolute Gasteiger partial charge is 0.345 e. The standard InChI is InChI=1S/C20H17F2N3O2/c1-11(14-7-5-13(21)10-16(14)22)23-19(26)12-4-6-15-17(9-12)24-18-3-2-8-25(18)20(15)27/h4-7,9-11H,2-3,8H2,1H3,(H,23,26)/t11-/m0/s1. The Labute approximate surface area is 153 Å². The van der Waals surface area contributed by atoms with Crippen molar-refractivity contribution in [1.29, 1.82) is 0 Å². The van der Waals surface area contributed by atoms with Gasteiger partial charge in [0.05, 0.1) is 16.9 Å². The summed E-state index contributed by atoms with van der Waals surface area (Å²) in [6, 6.07) is 7.30. The SMILES string of the molecule is C[C@H](NC(=O)c1ccc2c(=O)n3c(nc2c1)CCC3)c1ccc(F)cc1F. The van der Waals surface area contributed by atoms with Crippen molar-refractivity contribution in [3.63, 3.8) is 0 Å². The lowest BCUT2D eigenvalue weighted by atomic mass is 10.1. The summed E-state index contributed by atoms with van der Waals surface area (Å²) in [6.07, 6.45) is 1.62. The first-order valence-electron chi connectivity index (χ1n) is 8.73. The molecule has 138 valence electrons. The van der Waals surface area contributed by atoms with Crippen LogP contribution in [0.1, 0.15) is 41.1 Å². The first-order chi connectivity index (χ1) is 12.9. The minimum Gasteiger partial charge on any atom is -0.345 e. The Morgan fingerprint density at radius 2 is 2.04 bits per heavy atom. The average Bonchev–Trinajstić information content (AvgIpc) is 3.10. The lowest BCUT2D eigenvalue weighted by Crippen LogP contribution is -2.27. The normalized spacial score (nSPS) is 14.2. The highest BCUT2D eigenvalue weighted by Gasteiger charge is 2.19. The Morgan fingerprint density at radius 3 is 2.81 bits per heavy atom. The van der Waals surface area contributed by atoms with E-state index in [0.717, 1.165) is 30.8 Å². The van der Waals surface area contributed by atoms with Crippen molar-refractivity contribution in [3.8, 4) is 0 Å². The van der Waals surface area contributed by atoms with Gasteiger partial charge >= 0.3 is 0 Å². The summed E-state index contributed by atoms with van der Waals surface area (Å²) in [6.45, 7) is 2.28. The first kappa shape index (κ1) is 17.3. The number of nitrogens with one attached hydrogen (secondary N) is 1. The van der Waals surface area contributed by atoms with E-state index in [9.17, 15) is 18.4 Å². The van der Waals surface area contributed by atoms with Gasteiger partial charge in [0, 0.05) is 30.2 Å². The van der Waals surface area contributed by atoms with Gasteiger partial charge in [0.15, 0.2) is 0 Å². The number of benzene rings is 2. The minimum absolute atomic E-state index is 0.0961. The van der Waals surface area contributed by atoms with Gasteiger partial charge in [-0.05, 0) is 37.6 Å². The van der Waals surface area contributed by atoms with E-state index in [0.29, 0.717) is 23.0 Å². The molecule has 0 radical (unpaired) electrons. The summed E-state index contributed by atoms with van der Waals surface area (Å²) in [5.41, 5.74) is 0.897. The molecule has 1 atom stereocenters. The summed E-state index contributed by atoms with van der Waals surface area (Å²) in [5, 5.41) is 3.16. The van der Waals surface area contributed by atoms with Gasteiger partial charge in [0.2, 0.25) is 0 Å². The van der Waals surface area contributed by atoms with Gasteiger partial charge in [0.25, 0.3) is 11.5 Å². The number of aromatic nitrogens is 2. The molecule has 1 amide bonds. The fourth-order valence-electron chi connectivity index (χ4n) is 3.44. The smallest absolute Gasteiger partial charge is 0.261 e. The molecule has 2 aromatic carbocycles. The van der Waals surface area contributed by atoms with Crippen LogP contribution in [0.2, 0.25) is 0 Å². The summed E-state index contributed by atoms with van der Waals surface area (Å²) < 4.78 is 28.6. The van der Waals surface area contributed by atoms with Crippen LogP contribution in [0.15, 0.2) is 41.2 Å². The maximum Gasteiger partial charge on any atom is 0.261 e. The number of halogens is 2. The van der Waals surface area contributed by atoms with Crippen molar-refractivity contribution >= 4 is 16.8 Å². The van der Waals surface area contributed by atoms with Crippen LogP contribution in [0.5, 0.6) is 0 Å². The molecule has 0 fully saturated rings. The fourth-order valence-corrected chi connectivity index (χ4v) is 3.44. The minimum atomic E-state index is -0.716. The Kier molecular flexibility index (Phi) is 4.22. The molecule has 7 heteroatoms. The molecule has 4 rings (SSSR count). The number of nitrogens with zero attached hydrogens (tertiary/aromatic N) is 2. The molecular formula is C20H17F2N3O2. The van der Waals surface area contributed by atoms with Gasteiger partial charge in [-0.2, -0.15) is 0 Å². The predicted octanol–water partition coefficient (Wildman–Crippen LogP) is 3.11. The molecular weight excluding hydrogens is 352 g/mol. The van der Waals surface area contributed by atoms with Crippen molar-refractivity contribution in [1.82, 2.24) is 14.9 Å². The molecule has 0 aliphatic carbocycles. The van der Waals surface area contributed by atoms with E-state index < -0.39 is 23.6 Å². The number of fused-ring (bicyclic) bond motifs is 2. The van der Waals surface area contributed by atoms with Gasteiger partial charge < -0.3 is 5.32 Å². The molecule has 2 heterocycles. The van der Waals surface area contributed by atoms with Crippen LogP contribution in [0.3, 0.4) is 0 Å². The van der Waals surface area contributed by atoms with Gasteiger partial charge in [-0.25, -0.2) is 13.8 Å². The predicted molar refractivity (Wildman–Crippen MR) is 96.6 cm³/mol. The maximum atomic E-state index is 13.9. The molecule has 0 bridgehead atoms. The van der Waals surface area contributed by atoms with Gasteiger partial charge in [0.1, 0.15) is 17.5 Å². The topological polar surface area (TPSA) is 64.0 Å². The van der Waals surface area contributed by atoms with E-state index in [-0.39, 0.29) is 11.1 Å². The highest BCUT2D eigenvalue weighted by atomic mass is 19.1. The zero-order valence-corrected chi connectivity index (χ0v) is 14.6. The van der Waals surface area contributed by atoms with Crippen LogP contribution in [0.25, 0.3) is 10.9 Å². The number of carbonyl (C=O) groups excluding carboxylic acids is 1. The van der Waals surface area contributed by atoms with E-state index in [4.69, 9.17) is 0 Å². The summed E-state index contributed by atoms with van der Waals surface area (Å²) in [5.74, 6) is -1.08. The second-order valence-electron chi connectivity index (χ2n) is 6.68. The van der Waals surface area contributed by atoms with Crippen LogP contribution >= 0.6 is 0 Å². The molecule has 1 N–H and O–H groups in total. The number of carbonyl (C=O) groups is 1. The van der Waals surface area contributed by atoms with E-state index in [1.165, 1.54) is 6.07 Å². The van der Waals surface area contributed by atoms with Crippen LogP contribution in [0, 0.1) is 11.6 Å². The molecule has 1 aliphatic heterocycles. The van der Waals surface area contributed by atoms with Gasteiger partial charge in [-0.1, -0.05) is 6.07 Å². The zero-order chi connectivity index (χ0) is 19.1.